The Morgan fingerprint density at radius 3 is 2.59 bits per heavy atom. The smallest absolute Gasteiger partial charge is 0.363 e. The van der Waals surface area contributed by atoms with Crippen molar-refractivity contribution in [2.24, 2.45) is 4.99 Å². The molecule has 0 amide bonds. The monoisotopic (exact) mass is 559 g/mol. The van der Waals surface area contributed by atoms with E-state index in [1.54, 1.807) is 24.3 Å². The topological polar surface area (TPSA) is 57.1 Å². The Hall–Kier alpha value is -2.97. The fourth-order valence-electron chi connectivity index (χ4n) is 3.01. The van der Waals surface area contributed by atoms with Gasteiger partial charge in [-0.05, 0) is 75.6 Å². The summed E-state index contributed by atoms with van der Waals surface area (Å²) < 4.78 is 31.8. The summed E-state index contributed by atoms with van der Waals surface area (Å²) in [5, 5.41) is 0. The van der Waals surface area contributed by atoms with Crippen LogP contribution in [0.3, 0.4) is 0 Å². The van der Waals surface area contributed by atoms with Crippen molar-refractivity contribution in [1.29, 1.82) is 0 Å². The Bertz CT molecular complexity index is 1240. The maximum absolute atomic E-state index is 13.5. The summed E-state index contributed by atoms with van der Waals surface area (Å²) in [6, 6.07) is 17.0. The fourth-order valence-corrected chi connectivity index (χ4v) is 3.85. The van der Waals surface area contributed by atoms with Crippen LogP contribution < -0.4 is 9.47 Å². The summed E-state index contributed by atoms with van der Waals surface area (Å²) in [5.74, 6) is 0.0294. The van der Waals surface area contributed by atoms with Crippen molar-refractivity contribution in [1.82, 2.24) is 0 Å². The van der Waals surface area contributed by atoms with Crippen LogP contribution in [0.15, 0.2) is 80.3 Å². The molecule has 5 nitrogen and oxygen atoms in total. The lowest BCUT2D eigenvalue weighted by Gasteiger charge is -2.14. The first-order valence-electron chi connectivity index (χ1n) is 9.46. The van der Waals surface area contributed by atoms with E-state index < -0.39 is 11.8 Å². The highest BCUT2D eigenvalue weighted by Crippen LogP contribution is 2.38. The molecule has 1 aliphatic rings. The molecule has 0 saturated carbocycles. The van der Waals surface area contributed by atoms with Gasteiger partial charge in [-0.3, -0.25) is 0 Å². The van der Waals surface area contributed by atoms with Crippen LogP contribution in [0.1, 0.15) is 16.7 Å². The molecular formula is C24H16Br2FNO4. The van der Waals surface area contributed by atoms with Crippen molar-refractivity contribution in [2.75, 3.05) is 7.11 Å². The van der Waals surface area contributed by atoms with Crippen molar-refractivity contribution in [2.45, 2.75) is 6.61 Å². The Balaban J connectivity index is 1.59. The van der Waals surface area contributed by atoms with E-state index in [0.29, 0.717) is 33.7 Å². The van der Waals surface area contributed by atoms with Gasteiger partial charge in [0.05, 0.1) is 11.6 Å². The number of cyclic esters (lactones) is 1. The minimum Gasteiger partial charge on any atom is -0.493 e. The maximum atomic E-state index is 13.5. The molecule has 0 saturated heterocycles. The van der Waals surface area contributed by atoms with Gasteiger partial charge in [0.25, 0.3) is 0 Å². The highest BCUT2D eigenvalue weighted by Gasteiger charge is 2.24. The van der Waals surface area contributed by atoms with E-state index >= 15 is 0 Å². The Labute approximate surface area is 200 Å². The molecule has 1 aliphatic heterocycles. The molecule has 162 valence electrons. The highest BCUT2D eigenvalue weighted by molar-refractivity contribution is 9.10. The molecule has 0 N–H and O–H groups in total. The van der Waals surface area contributed by atoms with Crippen LogP contribution in [0, 0.1) is 5.82 Å². The predicted octanol–water partition coefficient (Wildman–Crippen LogP) is 6.28. The second-order valence-electron chi connectivity index (χ2n) is 6.80. The Morgan fingerprint density at radius 2 is 1.88 bits per heavy atom. The molecule has 32 heavy (non-hydrogen) atoms. The fraction of sp³-hybridized carbons (Fsp3) is 0.0833. The van der Waals surface area contributed by atoms with Crippen LogP contribution in [-0.2, 0) is 16.1 Å². The van der Waals surface area contributed by atoms with E-state index in [2.05, 4.69) is 36.9 Å². The summed E-state index contributed by atoms with van der Waals surface area (Å²) in [6.45, 7) is 0.357. The molecule has 0 radical (unpaired) electrons. The minimum absolute atomic E-state index is 0.0567. The third-order valence-corrected chi connectivity index (χ3v) is 5.66. The van der Waals surface area contributed by atoms with E-state index in [-0.39, 0.29) is 11.6 Å². The second-order valence-corrected chi connectivity index (χ2v) is 8.57. The number of rotatable bonds is 6. The lowest BCUT2D eigenvalue weighted by Crippen LogP contribution is -2.05. The van der Waals surface area contributed by atoms with Crippen LogP contribution in [0.2, 0.25) is 0 Å². The number of nitrogens with zero attached hydrogens (tertiary/aromatic N) is 1. The van der Waals surface area contributed by atoms with Crippen molar-refractivity contribution >= 4 is 49.8 Å². The number of carbonyl (C=O) groups excluding carboxylic acids is 1. The first-order valence-corrected chi connectivity index (χ1v) is 11.0. The molecule has 0 aromatic heterocycles. The van der Waals surface area contributed by atoms with Crippen LogP contribution in [0.25, 0.3) is 6.08 Å². The zero-order chi connectivity index (χ0) is 22.7. The average Bonchev–Trinajstić information content (AvgIpc) is 3.14. The predicted molar refractivity (Wildman–Crippen MR) is 126 cm³/mol. The highest BCUT2D eigenvalue weighted by atomic mass is 79.9. The Morgan fingerprint density at radius 1 is 1.09 bits per heavy atom. The van der Waals surface area contributed by atoms with Gasteiger partial charge in [-0.2, -0.15) is 0 Å². The van der Waals surface area contributed by atoms with Gasteiger partial charge in [-0.1, -0.05) is 34.1 Å². The van der Waals surface area contributed by atoms with Gasteiger partial charge in [-0.15, -0.1) is 0 Å². The molecule has 3 aromatic rings. The number of aliphatic imine (C=N–C) groups is 1. The molecule has 0 unspecified atom stereocenters. The molecule has 3 aromatic carbocycles. The lowest BCUT2D eigenvalue weighted by atomic mass is 10.1. The molecule has 0 fully saturated rings. The zero-order valence-electron chi connectivity index (χ0n) is 16.8. The van der Waals surface area contributed by atoms with E-state index in [1.165, 1.54) is 25.3 Å². The van der Waals surface area contributed by atoms with Crippen molar-refractivity contribution in [3.05, 3.63) is 97.8 Å². The second kappa shape index (κ2) is 9.67. The number of halogens is 3. The largest absolute Gasteiger partial charge is 0.493 e. The van der Waals surface area contributed by atoms with Gasteiger partial charge >= 0.3 is 5.97 Å². The molecule has 8 heteroatoms. The summed E-state index contributed by atoms with van der Waals surface area (Å²) in [4.78, 5) is 16.5. The first-order chi connectivity index (χ1) is 15.4. The third-order valence-electron chi connectivity index (χ3n) is 4.54. The molecular weight excluding hydrogens is 545 g/mol. The summed E-state index contributed by atoms with van der Waals surface area (Å²) in [5.41, 5.74) is 2.14. The van der Waals surface area contributed by atoms with E-state index in [0.717, 1.165) is 10.0 Å². The lowest BCUT2D eigenvalue weighted by molar-refractivity contribution is -0.129. The van der Waals surface area contributed by atoms with E-state index in [1.807, 2.05) is 24.3 Å². The maximum Gasteiger partial charge on any atom is 0.363 e. The number of carbonyl (C=O) groups is 1. The molecule has 1 heterocycles. The van der Waals surface area contributed by atoms with Gasteiger partial charge in [0.2, 0.25) is 5.90 Å². The minimum atomic E-state index is -0.616. The normalized spacial score (nSPS) is 14.3. The summed E-state index contributed by atoms with van der Waals surface area (Å²) in [7, 11) is 1.54. The van der Waals surface area contributed by atoms with Crippen molar-refractivity contribution < 1.29 is 23.4 Å². The van der Waals surface area contributed by atoms with Crippen molar-refractivity contribution in [3.8, 4) is 11.5 Å². The molecule has 0 spiro atoms. The van der Waals surface area contributed by atoms with E-state index in [9.17, 15) is 9.18 Å². The first kappa shape index (κ1) is 22.2. The number of ether oxygens (including phenoxy) is 3. The standard InChI is InChI=1S/C24H16Br2FNO4/c1-30-21-11-15(9-19(26)22(21)31-13-14-5-7-17(25)8-6-14)10-20-24(29)32-23(28-20)16-3-2-4-18(27)12-16/h2-12H,13H2,1H3/b20-10-. The average molecular weight is 561 g/mol. The van der Waals surface area contributed by atoms with E-state index in [4.69, 9.17) is 14.2 Å². The quantitative estimate of drug-likeness (QED) is 0.263. The number of hydrogen-bond donors (Lipinski definition) is 0. The van der Waals surface area contributed by atoms with Gasteiger partial charge in [0.1, 0.15) is 12.4 Å². The third kappa shape index (κ3) is 5.08. The summed E-state index contributed by atoms with van der Waals surface area (Å²) in [6.07, 6.45) is 1.57. The van der Waals surface area contributed by atoms with Gasteiger partial charge < -0.3 is 14.2 Å². The molecule has 0 bridgehead atoms. The summed E-state index contributed by atoms with van der Waals surface area (Å²) >= 11 is 6.92. The number of esters is 1. The van der Waals surface area contributed by atoms with Gasteiger partial charge in [-0.25, -0.2) is 14.2 Å². The zero-order valence-corrected chi connectivity index (χ0v) is 19.9. The number of hydrogen-bond acceptors (Lipinski definition) is 5. The van der Waals surface area contributed by atoms with Crippen LogP contribution in [0.4, 0.5) is 4.39 Å². The SMILES string of the molecule is COc1cc(/C=C2\N=C(c3cccc(F)c3)OC2=O)cc(Br)c1OCc1ccc(Br)cc1. The van der Waals surface area contributed by atoms with Crippen LogP contribution >= 0.6 is 31.9 Å². The Kier molecular flexibility index (Phi) is 6.72. The molecule has 4 rings (SSSR count). The van der Waals surface area contributed by atoms with Crippen molar-refractivity contribution in [3.63, 3.8) is 0 Å². The van der Waals surface area contributed by atoms with Crippen LogP contribution in [-0.4, -0.2) is 19.0 Å². The van der Waals surface area contributed by atoms with Gasteiger partial charge in [0, 0.05) is 10.0 Å². The molecule has 0 aliphatic carbocycles. The number of methoxy groups -OCH3 is 1. The molecule has 0 atom stereocenters. The van der Waals surface area contributed by atoms with Crippen LogP contribution in [0.5, 0.6) is 11.5 Å². The van der Waals surface area contributed by atoms with Gasteiger partial charge in [0.15, 0.2) is 17.2 Å². The number of benzene rings is 3.